The van der Waals surface area contributed by atoms with Crippen molar-refractivity contribution in [3.63, 3.8) is 0 Å². The van der Waals surface area contributed by atoms with Crippen LogP contribution >= 0.6 is 0 Å². The number of rotatable bonds is 6. The van der Waals surface area contributed by atoms with Crippen molar-refractivity contribution in [1.29, 1.82) is 0 Å². The van der Waals surface area contributed by atoms with Gasteiger partial charge in [-0.05, 0) is 51.1 Å². The number of hydrogen-bond donors (Lipinski definition) is 2. The zero-order valence-electron chi connectivity index (χ0n) is 12.3. The van der Waals surface area contributed by atoms with Crippen LogP contribution in [0.25, 0.3) is 0 Å². The second-order valence-corrected chi connectivity index (χ2v) is 6.26. The fourth-order valence-electron chi connectivity index (χ4n) is 2.81. The predicted octanol–water partition coefficient (Wildman–Crippen LogP) is 2.05. The lowest BCUT2D eigenvalue weighted by atomic mass is 9.98. The van der Waals surface area contributed by atoms with Crippen molar-refractivity contribution in [2.24, 2.45) is 11.8 Å². The summed E-state index contributed by atoms with van der Waals surface area (Å²) in [5, 5.41) is 6.85. The minimum absolute atomic E-state index is 0.728. The maximum Gasteiger partial charge on any atom is 0.131 e. The molecule has 0 amide bonds. The molecule has 3 rings (SSSR count). The van der Waals surface area contributed by atoms with Gasteiger partial charge in [0, 0.05) is 25.7 Å². The zero-order valence-corrected chi connectivity index (χ0v) is 12.3. The molecule has 2 aliphatic rings. The first kappa shape index (κ1) is 13.6. The number of hydrogen-bond acceptors (Lipinski definition) is 5. The molecule has 0 aromatic carbocycles. The van der Waals surface area contributed by atoms with Crippen LogP contribution < -0.4 is 10.6 Å². The second kappa shape index (κ2) is 6.39. The minimum atomic E-state index is 0.728. The van der Waals surface area contributed by atoms with Crippen molar-refractivity contribution in [3.8, 4) is 0 Å². The summed E-state index contributed by atoms with van der Waals surface area (Å²) in [6.07, 6.45) is 6.98. The van der Waals surface area contributed by atoms with Gasteiger partial charge in [-0.2, -0.15) is 0 Å². The van der Waals surface area contributed by atoms with Gasteiger partial charge in [0.05, 0.1) is 0 Å². The summed E-state index contributed by atoms with van der Waals surface area (Å²) in [6.45, 7) is 4.47. The normalized spacial score (nSPS) is 23.6. The second-order valence-electron chi connectivity index (χ2n) is 6.26. The first-order valence-corrected chi connectivity index (χ1v) is 7.78. The van der Waals surface area contributed by atoms with Gasteiger partial charge in [0.1, 0.15) is 18.0 Å². The third-order valence-corrected chi connectivity index (χ3v) is 4.23. The molecule has 1 aromatic heterocycles. The van der Waals surface area contributed by atoms with Gasteiger partial charge in [0.15, 0.2) is 0 Å². The Balaban J connectivity index is 1.47. The van der Waals surface area contributed by atoms with Crippen LogP contribution in [-0.4, -0.2) is 48.1 Å². The molecule has 20 heavy (non-hydrogen) atoms. The van der Waals surface area contributed by atoms with Crippen molar-refractivity contribution in [2.75, 3.05) is 43.9 Å². The smallest absolute Gasteiger partial charge is 0.131 e. The summed E-state index contributed by atoms with van der Waals surface area (Å²) in [5.74, 6) is 3.47. The molecule has 0 spiro atoms. The predicted molar refractivity (Wildman–Crippen MR) is 82.0 cm³/mol. The van der Waals surface area contributed by atoms with Crippen LogP contribution in [0.5, 0.6) is 0 Å². The summed E-state index contributed by atoms with van der Waals surface area (Å²) >= 11 is 0. The molecule has 5 heteroatoms. The van der Waals surface area contributed by atoms with Gasteiger partial charge in [-0.15, -0.1) is 0 Å². The summed E-state index contributed by atoms with van der Waals surface area (Å²) in [5.41, 5.74) is 0. The van der Waals surface area contributed by atoms with E-state index in [4.69, 9.17) is 0 Å². The highest BCUT2D eigenvalue weighted by atomic mass is 15.1. The topological polar surface area (TPSA) is 53.1 Å². The van der Waals surface area contributed by atoms with Crippen LogP contribution in [0.3, 0.4) is 0 Å². The summed E-state index contributed by atoms with van der Waals surface area (Å²) in [7, 11) is 2.21. The van der Waals surface area contributed by atoms with E-state index in [9.17, 15) is 0 Å². The van der Waals surface area contributed by atoms with E-state index in [2.05, 4.69) is 32.5 Å². The van der Waals surface area contributed by atoms with Crippen LogP contribution in [0.4, 0.5) is 11.6 Å². The lowest BCUT2D eigenvalue weighted by Gasteiger charge is -2.29. The fraction of sp³-hybridized carbons (Fsp3) is 0.733. The Kier molecular flexibility index (Phi) is 4.35. The quantitative estimate of drug-likeness (QED) is 0.832. The first-order valence-electron chi connectivity index (χ1n) is 7.78. The third-order valence-electron chi connectivity index (χ3n) is 4.23. The Hall–Kier alpha value is -1.36. The molecule has 1 aliphatic carbocycles. The Bertz CT molecular complexity index is 432. The van der Waals surface area contributed by atoms with Gasteiger partial charge >= 0.3 is 0 Å². The van der Waals surface area contributed by atoms with Crippen LogP contribution in [-0.2, 0) is 0 Å². The standard InChI is InChI=1S/C15H25N5/c1-20-6-2-3-13(10-20)9-17-15-7-14(18-11-19-15)16-8-12-4-5-12/h7,11-13H,2-6,8-10H2,1H3,(H2,16,17,18,19). The number of piperidine rings is 1. The molecule has 1 aliphatic heterocycles. The summed E-state index contributed by atoms with van der Waals surface area (Å²) in [4.78, 5) is 11.0. The summed E-state index contributed by atoms with van der Waals surface area (Å²) in [6, 6.07) is 2.02. The lowest BCUT2D eigenvalue weighted by Crippen LogP contribution is -2.35. The van der Waals surface area contributed by atoms with E-state index in [-0.39, 0.29) is 0 Å². The monoisotopic (exact) mass is 275 g/mol. The van der Waals surface area contributed by atoms with E-state index >= 15 is 0 Å². The maximum absolute atomic E-state index is 4.31. The van der Waals surface area contributed by atoms with Crippen LogP contribution in [0.1, 0.15) is 25.7 Å². The third kappa shape index (κ3) is 4.07. The Morgan fingerprint density at radius 3 is 2.45 bits per heavy atom. The Labute approximate surface area is 121 Å². The average Bonchev–Trinajstić information content (AvgIpc) is 3.28. The molecule has 5 nitrogen and oxygen atoms in total. The highest BCUT2D eigenvalue weighted by molar-refractivity contribution is 5.46. The fourth-order valence-corrected chi connectivity index (χ4v) is 2.81. The van der Waals surface area contributed by atoms with E-state index in [1.54, 1.807) is 6.33 Å². The molecule has 0 bridgehead atoms. The molecule has 2 heterocycles. The van der Waals surface area contributed by atoms with Crippen molar-refractivity contribution < 1.29 is 0 Å². The number of nitrogens with zero attached hydrogens (tertiary/aromatic N) is 3. The lowest BCUT2D eigenvalue weighted by molar-refractivity contribution is 0.217. The average molecular weight is 275 g/mol. The van der Waals surface area contributed by atoms with Crippen LogP contribution in [0.15, 0.2) is 12.4 Å². The molecular formula is C15H25N5. The van der Waals surface area contributed by atoms with Crippen molar-refractivity contribution >= 4 is 11.6 Å². The van der Waals surface area contributed by atoms with E-state index in [0.29, 0.717) is 0 Å². The first-order chi connectivity index (χ1) is 9.79. The maximum atomic E-state index is 4.31. The van der Waals surface area contributed by atoms with E-state index in [1.807, 2.05) is 6.07 Å². The van der Waals surface area contributed by atoms with Gasteiger partial charge in [-0.3, -0.25) is 0 Å². The van der Waals surface area contributed by atoms with E-state index in [1.165, 1.54) is 38.8 Å². The molecule has 2 N–H and O–H groups in total. The molecule has 1 saturated carbocycles. The molecule has 2 fully saturated rings. The molecule has 1 saturated heterocycles. The van der Waals surface area contributed by atoms with Gasteiger partial charge < -0.3 is 15.5 Å². The highest BCUT2D eigenvalue weighted by Gasteiger charge is 2.21. The Morgan fingerprint density at radius 1 is 1.10 bits per heavy atom. The number of anilines is 2. The van der Waals surface area contributed by atoms with Crippen LogP contribution in [0, 0.1) is 11.8 Å². The number of aromatic nitrogens is 2. The van der Waals surface area contributed by atoms with Crippen molar-refractivity contribution in [1.82, 2.24) is 14.9 Å². The SMILES string of the molecule is CN1CCCC(CNc2cc(NCC3CC3)ncn2)C1. The zero-order chi connectivity index (χ0) is 13.8. The molecule has 1 aromatic rings. The molecule has 1 unspecified atom stereocenters. The largest absolute Gasteiger partial charge is 0.370 e. The summed E-state index contributed by atoms with van der Waals surface area (Å²) < 4.78 is 0. The minimum Gasteiger partial charge on any atom is -0.370 e. The molecule has 0 radical (unpaired) electrons. The van der Waals surface area contributed by atoms with Gasteiger partial charge in [0.2, 0.25) is 0 Å². The number of likely N-dealkylation sites (tertiary alicyclic amines) is 1. The number of nitrogens with one attached hydrogen (secondary N) is 2. The highest BCUT2D eigenvalue weighted by Crippen LogP contribution is 2.28. The van der Waals surface area contributed by atoms with E-state index in [0.717, 1.165) is 36.6 Å². The molecule has 1 atom stereocenters. The van der Waals surface area contributed by atoms with Gasteiger partial charge in [-0.25, -0.2) is 9.97 Å². The molecule has 110 valence electrons. The Morgan fingerprint density at radius 2 is 1.80 bits per heavy atom. The molecular weight excluding hydrogens is 250 g/mol. The van der Waals surface area contributed by atoms with Gasteiger partial charge in [-0.1, -0.05) is 0 Å². The van der Waals surface area contributed by atoms with Crippen molar-refractivity contribution in [2.45, 2.75) is 25.7 Å². The van der Waals surface area contributed by atoms with Crippen molar-refractivity contribution in [3.05, 3.63) is 12.4 Å². The van der Waals surface area contributed by atoms with Gasteiger partial charge in [0.25, 0.3) is 0 Å². The van der Waals surface area contributed by atoms with E-state index < -0.39 is 0 Å². The van der Waals surface area contributed by atoms with Crippen LogP contribution in [0.2, 0.25) is 0 Å².